The number of nitrogens with one attached hydrogen (secondary N) is 1. The first-order valence-electron chi connectivity index (χ1n) is 10.5. The highest BCUT2D eigenvalue weighted by Crippen LogP contribution is 2.44. The Morgan fingerprint density at radius 1 is 1.03 bits per heavy atom. The number of hydrogen-bond donors (Lipinski definition) is 2. The molecule has 5 rings (SSSR count). The maximum Gasteiger partial charge on any atom is 0.490 e. The monoisotopic (exact) mass is 511 g/mol. The van der Waals surface area contributed by atoms with Crippen LogP contribution in [-0.2, 0) is 11.1 Å². The largest absolute Gasteiger partial charge is 0.492 e. The SMILES string of the molecule is O=c1[nH]cnc2nc(-c3ccc(OP(=O)(O)n4cccc4)cc3)n(CCOc3ccc(Cl)cc3)c12. The molecule has 0 fully saturated rings. The maximum atomic E-state index is 12.5. The summed E-state index contributed by atoms with van der Waals surface area (Å²) in [5.41, 5.74) is 0.946. The number of ether oxygens (including phenoxy) is 1. The highest BCUT2D eigenvalue weighted by molar-refractivity contribution is 7.51. The molecule has 12 heteroatoms. The van der Waals surface area contributed by atoms with Gasteiger partial charge in [0.05, 0.1) is 12.9 Å². The number of nitrogens with zero attached hydrogens (tertiary/aromatic N) is 4. The smallest absolute Gasteiger partial charge is 0.490 e. The van der Waals surface area contributed by atoms with E-state index in [2.05, 4.69) is 15.0 Å². The number of fused-ring (bicyclic) bond motifs is 1. The predicted octanol–water partition coefficient (Wildman–Crippen LogP) is 4.35. The summed E-state index contributed by atoms with van der Waals surface area (Å²) < 4.78 is 26.4. The van der Waals surface area contributed by atoms with E-state index < -0.39 is 7.75 Å². The second kappa shape index (κ2) is 9.42. The van der Waals surface area contributed by atoms with Crippen molar-refractivity contribution in [1.29, 1.82) is 0 Å². The second-order valence-corrected chi connectivity index (χ2v) is 9.52. The predicted molar refractivity (Wildman–Crippen MR) is 131 cm³/mol. The molecular weight excluding hydrogens is 493 g/mol. The number of imidazole rings is 1. The Morgan fingerprint density at radius 3 is 2.43 bits per heavy atom. The van der Waals surface area contributed by atoms with Gasteiger partial charge in [-0.3, -0.25) is 14.0 Å². The van der Waals surface area contributed by atoms with Gasteiger partial charge in [-0.15, -0.1) is 0 Å². The molecule has 0 aliphatic heterocycles. The van der Waals surface area contributed by atoms with Crippen LogP contribution in [0.15, 0.2) is 84.2 Å². The van der Waals surface area contributed by atoms with Crippen molar-refractivity contribution in [3.05, 3.63) is 94.8 Å². The average molecular weight is 512 g/mol. The lowest BCUT2D eigenvalue weighted by Gasteiger charge is -2.14. The van der Waals surface area contributed by atoms with Gasteiger partial charge in [0.2, 0.25) is 0 Å². The topological polar surface area (TPSA) is 124 Å². The lowest BCUT2D eigenvalue weighted by Crippen LogP contribution is -2.15. The number of hydrogen-bond acceptors (Lipinski definition) is 6. The molecule has 0 aliphatic carbocycles. The van der Waals surface area contributed by atoms with Crippen molar-refractivity contribution < 1.29 is 18.7 Å². The lowest BCUT2D eigenvalue weighted by molar-refractivity contribution is 0.300. The fraction of sp³-hybridized carbons (Fsp3) is 0.0870. The minimum absolute atomic E-state index is 0.206. The standard InChI is InChI=1S/C23H19ClN5O5P/c24-17-5-9-18(10-6-17)33-14-13-29-20-21(25-15-26-23(20)30)27-22(29)16-3-7-19(8-4-16)34-35(31,32)28-11-1-2-12-28/h1-12,15H,13-14H2,(H,31,32)(H,25,26,30). The molecule has 0 amide bonds. The van der Waals surface area contributed by atoms with Crippen molar-refractivity contribution in [2.45, 2.75) is 6.54 Å². The molecule has 1 atom stereocenters. The molecule has 0 bridgehead atoms. The van der Waals surface area contributed by atoms with Crippen molar-refractivity contribution in [3.8, 4) is 22.9 Å². The van der Waals surface area contributed by atoms with E-state index in [9.17, 15) is 14.3 Å². The first-order valence-corrected chi connectivity index (χ1v) is 12.4. The minimum Gasteiger partial charge on any atom is -0.492 e. The highest BCUT2D eigenvalue weighted by atomic mass is 35.5. The van der Waals surface area contributed by atoms with E-state index >= 15 is 0 Å². The summed E-state index contributed by atoms with van der Waals surface area (Å²) in [5.74, 6) is 1.34. The normalized spacial score (nSPS) is 13.0. The molecule has 0 radical (unpaired) electrons. The van der Waals surface area contributed by atoms with E-state index in [1.807, 2.05) is 0 Å². The molecular formula is C23H19ClN5O5P. The lowest BCUT2D eigenvalue weighted by atomic mass is 10.2. The van der Waals surface area contributed by atoms with Crippen molar-refractivity contribution >= 4 is 30.5 Å². The Kier molecular flexibility index (Phi) is 6.17. The third kappa shape index (κ3) is 4.85. The summed E-state index contributed by atoms with van der Waals surface area (Å²) in [4.78, 5) is 34.0. The van der Waals surface area contributed by atoms with Gasteiger partial charge in [-0.1, -0.05) is 11.6 Å². The van der Waals surface area contributed by atoms with Gasteiger partial charge in [0.25, 0.3) is 5.56 Å². The fourth-order valence-corrected chi connectivity index (χ4v) is 4.65. The minimum atomic E-state index is -4.08. The number of halogens is 1. The second-order valence-electron chi connectivity index (χ2n) is 7.46. The van der Waals surface area contributed by atoms with Crippen LogP contribution in [0, 0.1) is 0 Å². The van der Waals surface area contributed by atoms with Crippen molar-refractivity contribution in [1.82, 2.24) is 23.9 Å². The molecule has 10 nitrogen and oxygen atoms in total. The van der Waals surface area contributed by atoms with Gasteiger partial charge in [-0.2, -0.15) is 0 Å². The van der Waals surface area contributed by atoms with E-state index in [1.54, 1.807) is 65.2 Å². The van der Waals surface area contributed by atoms with Gasteiger partial charge in [0.1, 0.15) is 23.9 Å². The molecule has 1 unspecified atom stereocenters. The van der Waals surface area contributed by atoms with Gasteiger partial charge in [-0.05, 0) is 60.7 Å². The zero-order valence-electron chi connectivity index (χ0n) is 18.1. The zero-order chi connectivity index (χ0) is 24.4. The van der Waals surface area contributed by atoms with Gasteiger partial charge in [0, 0.05) is 23.0 Å². The molecule has 0 aliphatic rings. The van der Waals surface area contributed by atoms with E-state index in [-0.39, 0.29) is 17.9 Å². The molecule has 0 saturated carbocycles. The van der Waals surface area contributed by atoms with Crippen LogP contribution >= 0.6 is 19.3 Å². The first-order chi connectivity index (χ1) is 16.9. The van der Waals surface area contributed by atoms with E-state index in [0.717, 1.165) is 4.34 Å². The summed E-state index contributed by atoms with van der Waals surface area (Å²) in [6, 6.07) is 16.8. The van der Waals surface area contributed by atoms with Crippen LogP contribution in [0.4, 0.5) is 0 Å². The molecule has 3 heterocycles. The Labute approximate surface area is 204 Å². The quantitative estimate of drug-likeness (QED) is 0.297. The summed E-state index contributed by atoms with van der Waals surface area (Å²) in [7, 11) is -4.08. The summed E-state index contributed by atoms with van der Waals surface area (Å²) in [6.07, 6.45) is 4.20. The number of H-pyrrole nitrogens is 1. The summed E-state index contributed by atoms with van der Waals surface area (Å²) >= 11 is 5.92. The van der Waals surface area contributed by atoms with Gasteiger partial charge in [-0.25, -0.2) is 14.5 Å². The Hall–Kier alpha value is -3.85. The third-order valence-electron chi connectivity index (χ3n) is 5.16. The molecule has 178 valence electrons. The Bertz CT molecular complexity index is 1560. The fourth-order valence-electron chi connectivity index (χ4n) is 3.54. The van der Waals surface area contributed by atoms with Crippen LogP contribution in [0.3, 0.4) is 0 Å². The number of rotatable bonds is 8. The summed E-state index contributed by atoms with van der Waals surface area (Å²) in [5, 5.41) is 0.608. The zero-order valence-corrected chi connectivity index (χ0v) is 19.8. The van der Waals surface area contributed by atoms with Crippen molar-refractivity contribution in [2.75, 3.05) is 6.61 Å². The van der Waals surface area contributed by atoms with Crippen LogP contribution in [0.5, 0.6) is 11.5 Å². The van der Waals surface area contributed by atoms with Crippen LogP contribution in [0.25, 0.3) is 22.6 Å². The van der Waals surface area contributed by atoms with E-state index in [0.29, 0.717) is 39.9 Å². The van der Waals surface area contributed by atoms with Gasteiger partial charge in [0.15, 0.2) is 11.2 Å². The van der Waals surface area contributed by atoms with Gasteiger partial charge >= 0.3 is 7.75 Å². The molecule has 2 N–H and O–H groups in total. The molecule has 35 heavy (non-hydrogen) atoms. The maximum absolute atomic E-state index is 12.5. The van der Waals surface area contributed by atoms with Crippen LogP contribution < -0.4 is 14.8 Å². The van der Waals surface area contributed by atoms with Crippen molar-refractivity contribution in [2.24, 2.45) is 0 Å². The molecule has 3 aromatic heterocycles. The first kappa shape index (κ1) is 22.9. The van der Waals surface area contributed by atoms with E-state index in [4.69, 9.17) is 20.9 Å². The van der Waals surface area contributed by atoms with Gasteiger partial charge < -0.3 is 18.8 Å². The third-order valence-corrected chi connectivity index (χ3v) is 6.71. The number of aromatic nitrogens is 5. The summed E-state index contributed by atoms with van der Waals surface area (Å²) in [6.45, 7) is 0.584. The molecule has 0 spiro atoms. The Balaban J connectivity index is 1.42. The number of benzene rings is 2. The van der Waals surface area contributed by atoms with Crippen LogP contribution in [0.1, 0.15) is 0 Å². The number of aromatic amines is 1. The molecule has 5 aromatic rings. The molecule has 2 aromatic carbocycles. The van der Waals surface area contributed by atoms with Crippen LogP contribution in [0.2, 0.25) is 5.02 Å². The molecule has 0 saturated heterocycles. The Morgan fingerprint density at radius 2 is 1.71 bits per heavy atom. The van der Waals surface area contributed by atoms with Crippen LogP contribution in [-0.4, -0.2) is 35.4 Å². The van der Waals surface area contributed by atoms with Crippen molar-refractivity contribution in [3.63, 3.8) is 0 Å². The van der Waals surface area contributed by atoms with E-state index in [1.165, 1.54) is 18.7 Å². The average Bonchev–Trinajstić information content (AvgIpc) is 3.51. The highest BCUT2D eigenvalue weighted by Gasteiger charge is 2.23.